The molecular weight excluding hydrogens is 651 g/mol. The second-order valence-corrected chi connectivity index (χ2v) is 15.6. The van der Waals surface area contributed by atoms with Gasteiger partial charge in [-0.3, -0.25) is 0 Å². The molecule has 54 heavy (non-hydrogen) atoms. The molecule has 0 amide bonds. The first kappa shape index (κ1) is 32.5. The molecule has 260 valence electrons. The fourth-order valence-electron chi connectivity index (χ4n) is 9.28. The van der Waals surface area contributed by atoms with E-state index in [0.29, 0.717) is 0 Å². The molecule has 0 aromatic heterocycles. The van der Waals surface area contributed by atoms with Gasteiger partial charge in [0.25, 0.3) is 0 Å². The van der Waals surface area contributed by atoms with E-state index in [1.165, 1.54) is 102 Å². The van der Waals surface area contributed by atoms with Gasteiger partial charge in [0.2, 0.25) is 0 Å². The topological polar surface area (TPSA) is 3.24 Å². The van der Waals surface area contributed by atoms with Gasteiger partial charge in [-0.25, -0.2) is 0 Å². The molecule has 0 spiro atoms. The molecule has 0 N–H and O–H groups in total. The first-order valence-electron chi connectivity index (χ1n) is 19.5. The predicted octanol–water partition coefficient (Wildman–Crippen LogP) is 14.5. The van der Waals surface area contributed by atoms with E-state index >= 15 is 0 Å². The van der Waals surface area contributed by atoms with Gasteiger partial charge >= 0.3 is 0 Å². The quantitative estimate of drug-likeness (QED) is 0.168. The number of aryl methyl sites for hydroxylation is 1. The van der Waals surface area contributed by atoms with E-state index in [1.54, 1.807) is 0 Å². The van der Waals surface area contributed by atoms with E-state index < -0.39 is 0 Å². The molecule has 0 bridgehead atoms. The SMILES string of the molecule is CC1(C)c2cc(N(c3ccc(-c4cccc5c4CCCC5)cc3)c3c(-c4ccccc4)cccc3-c3ccccc3)ccc2-c2cc3ccccc3cc21. The normalized spacial score (nSPS) is 14.0. The lowest BCUT2D eigenvalue weighted by Gasteiger charge is -2.32. The monoisotopic (exact) mass is 693 g/mol. The van der Waals surface area contributed by atoms with Crippen molar-refractivity contribution in [3.05, 3.63) is 198 Å². The van der Waals surface area contributed by atoms with Gasteiger partial charge < -0.3 is 4.90 Å². The molecule has 0 saturated heterocycles. The maximum Gasteiger partial charge on any atom is 0.0618 e. The predicted molar refractivity (Wildman–Crippen MR) is 229 cm³/mol. The number of para-hydroxylation sites is 1. The molecule has 0 saturated carbocycles. The number of nitrogens with zero attached hydrogens (tertiary/aromatic N) is 1. The Bertz CT molecular complexity index is 2610. The number of hydrogen-bond acceptors (Lipinski definition) is 1. The number of benzene rings is 8. The average molecular weight is 694 g/mol. The fourth-order valence-corrected chi connectivity index (χ4v) is 9.28. The lowest BCUT2D eigenvalue weighted by Crippen LogP contribution is -2.17. The van der Waals surface area contributed by atoms with E-state index in [9.17, 15) is 0 Å². The molecule has 0 aliphatic heterocycles. The first-order valence-corrected chi connectivity index (χ1v) is 19.5. The van der Waals surface area contributed by atoms with E-state index in [-0.39, 0.29) is 5.41 Å². The van der Waals surface area contributed by atoms with Crippen molar-refractivity contribution in [1.82, 2.24) is 0 Å². The smallest absolute Gasteiger partial charge is 0.0618 e. The summed E-state index contributed by atoms with van der Waals surface area (Å²) in [5.41, 5.74) is 19.3. The minimum absolute atomic E-state index is 0.159. The highest BCUT2D eigenvalue weighted by molar-refractivity contribution is 5.99. The zero-order valence-corrected chi connectivity index (χ0v) is 31.0. The van der Waals surface area contributed by atoms with Crippen molar-refractivity contribution < 1.29 is 0 Å². The highest BCUT2D eigenvalue weighted by Gasteiger charge is 2.36. The van der Waals surface area contributed by atoms with Gasteiger partial charge in [-0.2, -0.15) is 0 Å². The average Bonchev–Trinajstić information content (AvgIpc) is 3.45. The number of anilines is 3. The van der Waals surface area contributed by atoms with E-state index in [0.717, 1.165) is 17.8 Å². The summed E-state index contributed by atoms with van der Waals surface area (Å²) in [4.78, 5) is 2.52. The Balaban J connectivity index is 1.20. The molecule has 0 atom stereocenters. The highest BCUT2D eigenvalue weighted by Crippen LogP contribution is 2.53. The van der Waals surface area contributed by atoms with E-state index in [2.05, 4.69) is 195 Å². The maximum atomic E-state index is 2.52. The summed E-state index contributed by atoms with van der Waals surface area (Å²) < 4.78 is 0. The molecule has 0 radical (unpaired) electrons. The van der Waals surface area contributed by atoms with Crippen molar-refractivity contribution in [3.8, 4) is 44.5 Å². The van der Waals surface area contributed by atoms with Gasteiger partial charge in [0.1, 0.15) is 0 Å². The van der Waals surface area contributed by atoms with Gasteiger partial charge in [-0.05, 0) is 128 Å². The Hall–Kier alpha value is -6.18. The lowest BCUT2D eigenvalue weighted by atomic mass is 9.81. The van der Waals surface area contributed by atoms with Gasteiger partial charge in [-0.15, -0.1) is 0 Å². The van der Waals surface area contributed by atoms with Gasteiger partial charge in [0.15, 0.2) is 0 Å². The minimum atomic E-state index is -0.159. The summed E-state index contributed by atoms with van der Waals surface area (Å²) >= 11 is 0. The molecule has 8 aromatic rings. The Labute approximate surface area is 319 Å². The Morgan fingerprint density at radius 2 is 0.963 bits per heavy atom. The third kappa shape index (κ3) is 5.38. The second-order valence-electron chi connectivity index (χ2n) is 15.6. The summed E-state index contributed by atoms with van der Waals surface area (Å²) in [6, 6.07) is 65.5. The Kier molecular flexibility index (Phi) is 7.84. The third-order valence-corrected chi connectivity index (χ3v) is 12.0. The molecule has 8 aromatic carbocycles. The number of fused-ring (bicyclic) bond motifs is 5. The number of rotatable bonds is 6. The van der Waals surface area contributed by atoms with Crippen LogP contribution in [0.15, 0.2) is 176 Å². The fraction of sp³-hybridized carbons (Fsp3) is 0.132. The second kappa shape index (κ2) is 13.0. The van der Waals surface area contributed by atoms with Crippen LogP contribution in [0.5, 0.6) is 0 Å². The summed E-state index contributed by atoms with van der Waals surface area (Å²) in [7, 11) is 0. The van der Waals surface area contributed by atoms with Crippen LogP contribution < -0.4 is 4.90 Å². The van der Waals surface area contributed by atoms with Crippen molar-refractivity contribution in [2.75, 3.05) is 4.90 Å². The molecule has 2 aliphatic carbocycles. The molecule has 0 unspecified atom stereocenters. The van der Waals surface area contributed by atoms with Crippen LogP contribution in [0.4, 0.5) is 17.1 Å². The molecular formula is C53H43N. The summed E-state index contributed by atoms with van der Waals surface area (Å²) in [5, 5.41) is 2.58. The van der Waals surface area contributed by atoms with Crippen molar-refractivity contribution in [2.45, 2.75) is 44.9 Å². The molecule has 10 rings (SSSR count). The van der Waals surface area contributed by atoms with E-state index in [4.69, 9.17) is 0 Å². The van der Waals surface area contributed by atoms with Crippen LogP contribution >= 0.6 is 0 Å². The summed E-state index contributed by atoms with van der Waals surface area (Å²) in [6.45, 7) is 4.78. The van der Waals surface area contributed by atoms with Crippen LogP contribution in [0, 0.1) is 0 Å². The largest absolute Gasteiger partial charge is 0.309 e. The Morgan fingerprint density at radius 3 is 1.67 bits per heavy atom. The van der Waals surface area contributed by atoms with E-state index in [1.807, 2.05) is 0 Å². The molecule has 0 heterocycles. The standard InChI is InChI=1S/C53H43N/c1-53(2)50-34-41-21-10-9-20-40(41)33-49(50)48-32-31-43(35-51(48)53)54(42-29-27-39(28-30-42)45-24-13-22-36-19-11-12-23-44(36)45)52-46(37-15-5-3-6-16-37)25-14-26-47(52)38-17-7-4-8-18-38/h3-10,13-18,20-22,24-35H,11-12,19,23H2,1-2H3. The molecule has 1 heteroatoms. The molecule has 0 fully saturated rings. The summed E-state index contributed by atoms with van der Waals surface area (Å²) in [5.74, 6) is 0. The summed E-state index contributed by atoms with van der Waals surface area (Å²) in [6.07, 6.45) is 4.90. The molecule has 2 aliphatic rings. The van der Waals surface area contributed by atoms with Gasteiger partial charge in [0.05, 0.1) is 5.69 Å². The van der Waals surface area contributed by atoms with Gasteiger partial charge in [-0.1, -0.05) is 153 Å². The van der Waals surface area contributed by atoms with Crippen molar-refractivity contribution in [3.63, 3.8) is 0 Å². The van der Waals surface area contributed by atoms with Crippen LogP contribution in [-0.4, -0.2) is 0 Å². The number of hydrogen-bond donors (Lipinski definition) is 0. The van der Waals surface area contributed by atoms with Crippen molar-refractivity contribution in [2.24, 2.45) is 0 Å². The van der Waals surface area contributed by atoms with Crippen molar-refractivity contribution in [1.29, 1.82) is 0 Å². The van der Waals surface area contributed by atoms with Crippen LogP contribution in [0.2, 0.25) is 0 Å². The van der Waals surface area contributed by atoms with Crippen LogP contribution in [0.1, 0.15) is 48.9 Å². The van der Waals surface area contributed by atoms with Gasteiger partial charge in [0, 0.05) is 27.9 Å². The van der Waals surface area contributed by atoms with Crippen molar-refractivity contribution >= 4 is 27.8 Å². The zero-order chi connectivity index (χ0) is 36.2. The Morgan fingerprint density at radius 1 is 0.407 bits per heavy atom. The van der Waals surface area contributed by atoms with Crippen LogP contribution in [0.25, 0.3) is 55.3 Å². The lowest BCUT2D eigenvalue weighted by molar-refractivity contribution is 0.661. The third-order valence-electron chi connectivity index (χ3n) is 12.0. The molecule has 1 nitrogen and oxygen atoms in total. The van der Waals surface area contributed by atoms with Crippen LogP contribution in [0.3, 0.4) is 0 Å². The highest BCUT2D eigenvalue weighted by atomic mass is 15.1. The maximum absolute atomic E-state index is 2.52. The minimum Gasteiger partial charge on any atom is -0.309 e. The zero-order valence-electron chi connectivity index (χ0n) is 31.0. The first-order chi connectivity index (χ1) is 26.5. The van der Waals surface area contributed by atoms with Crippen LogP contribution in [-0.2, 0) is 18.3 Å².